The zero-order chi connectivity index (χ0) is 14.5. The summed E-state index contributed by atoms with van der Waals surface area (Å²) in [6.07, 6.45) is 3.04. The van der Waals surface area contributed by atoms with E-state index in [0.717, 1.165) is 25.8 Å². The highest BCUT2D eigenvalue weighted by molar-refractivity contribution is 5.93. The SMILES string of the molecule is NNC(=O)c1ccc(F)c(CN2CCCCC2CO)c1. The van der Waals surface area contributed by atoms with Crippen LogP contribution in [0.15, 0.2) is 18.2 Å². The lowest BCUT2D eigenvalue weighted by Gasteiger charge is -2.34. The van der Waals surface area contributed by atoms with Crippen LogP contribution < -0.4 is 11.3 Å². The van der Waals surface area contributed by atoms with E-state index in [2.05, 4.69) is 4.90 Å². The molecule has 1 aliphatic heterocycles. The Balaban J connectivity index is 2.17. The minimum Gasteiger partial charge on any atom is -0.395 e. The molecule has 2 rings (SSSR count). The fraction of sp³-hybridized carbons (Fsp3) is 0.500. The van der Waals surface area contributed by atoms with E-state index >= 15 is 0 Å². The first-order chi connectivity index (χ1) is 9.65. The van der Waals surface area contributed by atoms with Gasteiger partial charge in [-0.2, -0.15) is 0 Å². The molecule has 0 bridgehead atoms. The summed E-state index contributed by atoms with van der Waals surface area (Å²) >= 11 is 0. The summed E-state index contributed by atoms with van der Waals surface area (Å²) in [5.41, 5.74) is 2.82. The molecule has 6 heteroatoms. The molecule has 5 nitrogen and oxygen atoms in total. The summed E-state index contributed by atoms with van der Waals surface area (Å²) in [4.78, 5) is 13.5. The van der Waals surface area contributed by atoms with E-state index in [4.69, 9.17) is 5.84 Å². The minimum absolute atomic E-state index is 0.0649. The number of hydrazine groups is 1. The minimum atomic E-state index is -0.441. The second-order valence-electron chi connectivity index (χ2n) is 5.08. The van der Waals surface area contributed by atoms with Crippen LogP contribution in [0.5, 0.6) is 0 Å². The summed E-state index contributed by atoms with van der Waals surface area (Å²) < 4.78 is 13.9. The normalized spacial score (nSPS) is 19.9. The first-order valence-electron chi connectivity index (χ1n) is 6.80. The number of nitrogens with two attached hydrogens (primary N) is 1. The molecule has 20 heavy (non-hydrogen) atoms. The monoisotopic (exact) mass is 281 g/mol. The lowest BCUT2D eigenvalue weighted by Crippen LogP contribution is -2.41. The molecule has 0 radical (unpaired) electrons. The van der Waals surface area contributed by atoms with Gasteiger partial charge in [-0.1, -0.05) is 6.42 Å². The molecule has 1 unspecified atom stereocenters. The van der Waals surface area contributed by atoms with Gasteiger partial charge in [0, 0.05) is 23.7 Å². The topological polar surface area (TPSA) is 78.6 Å². The van der Waals surface area contributed by atoms with Crippen molar-refractivity contribution in [2.75, 3.05) is 13.2 Å². The van der Waals surface area contributed by atoms with Crippen molar-refractivity contribution in [3.63, 3.8) is 0 Å². The maximum absolute atomic E-state index is 13.9. The van der Waals surface area contributed by atoms with Crippen LogP contribution in [-0.2, 0) is 6.54 Å². The molecule has 110 valence electrons. The number of carbonyl (C=O) groups excluding carboxylic acids is 1. The predicted octanol–water partition coefficient (Wildman–Crippen LogP) is 0.776. The number of nitrogens with one attached hydrogen (secondary N) is 1. The quantitative estimate of drug-likeness (QED) is 0.433. The number of hydrogen-bond donors (Lipinski definition) is 3. The first kappa shape index (κ1) is 14.9. The van der Waals surface area contributed by atoms with Crippen LogP contribution in [0.2, 0.25) is 0 Å². The fourth-order valence-electron chi connectivity index (χ4n) is 2.61. The number of amides is 1. The van der Waals surface area contributed by atoms with Gasteiger partial charge in [0.05, 0.1) is 6.61 Å². The number of aliphatic hydroxyl groups excluding tert-OH is 1. The Morgan fingerprint density at radius 2 is 2.30 bits per heavy atom. The number of nitrogen functional groups attached to an aromatic ring is 1. The van der Waals surface area contributed by atoms with Gasteiger partial charge >= 0.3 is 0 Å². The fourth-order valence-corrected chi connectivity index (χ4v) is 2.61. The zero-order valence-corrected chi connectivity index (χ0v) is 11.3. The summed E-state index contributed by atoms with van der Waals surface area (Å²) in [6, 6.07) is 4.26. The summed E-state index contributed by atoms with van der Waals surface area (Å²) in [5.74, 6) is 4.30. The number of halogens is 1. The molecule has 0 aliphatic carbocycles. The van der Waals surface area contributed by atoms with Crippen molar-refractivity contribution >= 4 is 5.91 Å². The van der Waals surface area contributed by atoms with Gasteiger partial charge in [-0.3, -0.25) is 15.1 Å². The number of piperidine rings is 1. The summed E-state index contributed by atoms with van der Waals surface area (Å²) in [6.45, 7) is 1.30. The number of likely N-dealkylation sites (tertiary alicyclic amines) is 1. The second-order valence-corrected chi connectivity index (χ2v) is 5.08. The summed E-state index contributed by atoms with van der Waals surface area (Å²) in [5, 5.41) is 9.37. The highest BCUT2D eigenvalue weighted by Gasteiger charge is 2.22. The number of rotatable bonds is 4. The third kappa shape index (κ3) is 3.33. The van der Waals surface area contributed by atoms with E-state index < -0.39 is 5.91 Å². The molecule has 1 saturated heterocycles. The Hall–Kier alpha value is -1.50. The number of nitrogens with zero attached hydrogens (tertiary/aromatic N) is 1. The molecule has 1 heterocycles. The van der Waals surface area contributed by atoms with Gasteiger partial charge in [0.2, 0.25) is 0 Å². The highest BCUT2D eigenvalue weighted by atomic mass is 19.1. The number of aliphatic hydroxyl groups is 1. The second kappa shape index (κ2) is 6.78. The third-order valence-electron chi connectivity index (χ3n) is 3.77. The van der Waals surface area contributed by atoms with Gasteiger partial charge < -0.3 is 5.11 Å². The molecule has 0 saturated carbocycles. The number of benzene rings is 1. The largest absolute Gasteiger partial charge is 0.395 e. The van der Waals surface area contributed by atoms with Crippen LogP contribution in [0.25, 0.3) is 0 Å². The molecular formula is C14H20FN3O2. The Labute approximate surface area is 117 Å². The Morgan fingerprint density at radius 3 is 3.00 bits per heavy atom. The van der Waals surface area contributed by atoms with Crippen molar-refractivity contribution in [3.05, 3.63) is 35.1 Å². The summed E-state index contributed by atoms with van der Waals surface area (Å²) in [7, 11) is 0. The number of carbonyl (C=O) groups is 1. The van der Waals surface area contributed by atoms with E-state index in [-0.39, 0.29) is 18.5 Å². The lowest BCUT2D eigenvalue weighted by molar-refractivity contribution is 0.0830. The molecular weight excluding hydrogens is 261 g/mol. The van der Waals surface area contributed by atoms with Crippen molar-refractivity contribution < 1.29 is 14.3 Å². The maximum atomic E-state index is 13.9. The molecule has 1 atom stereocenters. The van der Waals surface area contributed by atoms with Gasteiger partial charge in [0.15, 0.2) is 0 Å². The Bertz CT molecular complexity index is 481. The van der Waals surface area contributed by atoms with Crippen LogP contribution in [0.4, 0.5) is 4.39 Å². The van der Waals surface area contributed by atoms with Gasteiger partial charge in [-0.25, -0.2) is 10.2 Å². The molecule has 1 amide bonds. The zero-order valence-electron chi connectivity index (χ0n) is 11.3. The van der Waals surface area contributed by atoms with Crippen LogP contribution in [0.3, 0.4) is 0 Å². The molecule has 1 aromatic rings. The van der Waals surface area contributed by atoms with Crippen molar-refractivity contribution in [2.45, 2.75) is 31.8 Å². The number of hydrogen-bond acceptors (Lipinski definition) is 4. The van der Waals surface area contributed by atoms with Crippen LogP contribution in [0, 0.1) is 5.82 Å². The van der Waals surface area contributed by atoms with Crippen LogP contribution in [0.1, 0.15) is 35.2 Å². The maximum Gasteiger partial charge on any atom is 0.265 e. The molecule has 4 N–H and O–H groups in total. The van der Waals surface area contributed by atoms with Crippen LogP contribution in [-0.4, -0.2) is 35.1 Å². The standard InChI is InChI=1S/C14H20FN3O2/c15-13-5-4-10(14(20)17-16)7-11(13)8-18-6-2-1-3-12(18)9-19/h4-5,7,12,19H,1-3,6,8-9,16H2,(H,17,20). The van der Waals surface area contributed by atoms with Crippen LogP contribution >= 0.6 is 0 Å². The van der Waals surface area contributed by atoms with E-state index in [1.807, 2.05) is 5.43 Å². The molecule has 1 aromatic carbocycles. The van der Waals surface area contributed by atoms with Crippen molar-refractivity contribution in [1.82, 2.24) is 10.3 Å². The smallest absolute Gasteiger partial charge is 0.265 e. The molecule has 1 fully saturated rings. The average molecular weight is 281 g/mol. The van der Waals surface area contributed by atoms with Crippen molar-refractivity contribution in [1.29, 1.82) is 0 Å². The highest BCUT2D eigenvalue weighted by Crippen LogP contribution is 2.21. The van der Waals surface area contributed by atoms with Gasteiger partial charge in [-0.05, 0) is 37.6 Å². The first-order valence-corrected chi connectivity index (χ1v) is 6.80. The van der Waals surface area contributed by atoms with Crippen molar-refractivity contribution in [3.8, 4) is 0 Å². The Kier molecular flexibility index (Phi) is 5.05. The molecule has 1 aliphatic rings. The van der Waals surface area contributed by atoms with E-state index in [9.17, 15) is 14.3 Å². The Morgan fingerprint density at radius 1 is 1.50 bits per heavy atom. The lowest BCUT2D eigenvalue weighted by atomic mass is 10.0. The average Bonchev–Trinajstić information content (AvgIpc) is 2.49. The van der Waals surface area contributed by atoms with E-state index in [1.54, 1.807) is 0 Å². The third-order valence-corrected chi connectivity index (χ3v) is 3.77. The van der Waals surface area contributed by atoms with Gasteiger partial charge in [0.25, 0.3) is 5.91 Å². The van der Waals surface area contributed by atoms with Gasteiger partial charge in [-0.15, -0.1) is 0 Å². The van der Waals surface area contributed by atoms with Gasteiger partial charge in [0.1, 0.15) is 5.82 Å². The predicted molar refractivity (Wildman–Crippen MR) is 73.2 cm³/mol. The molecule has 0 spiro atoms. The van der Waals surface area contributed by atoms with E-state index in [0.29, 0.717) is 17.7 Å². The van der Waals surface area contributed by atoms with E-state index in [1.165, 1.54) is 18.2 Å². The van der Waals surface area contributed by atoms with Crippen molar-refractivity contribution in [2.24, 2.45) is 5.84 Å². The molecule has 0 aromatic heterocycles.